The summed E-state index contributed by atoms with van der Waals surface area (Å²) < 4.78 is 6.74. The van der Waals surface area contributed by atoms with E-state index in [2.05, 4.69) is 43.8 Å². The van der Waals surface area contributed by atoms with Crippen molar-refractivity contribution in [1.82, 2.24) is 0 Å². The molecule has 7 heteroatoms. The predicted molar refractivity (Wildman–Crippen MR) is 80.9 cm³/mol. The number of hydrogen-bond donors (Lipinski definition) is 1. The first kappa shape index (κ1) is 15.3. The predicted octanol–water partition coefficient (Wildman–Crippen LogP) is 3.30. The molecule has 19 heavy (non-hydrogen) atoms. The SMILES string of the molecule is COc1c(I)ccc(Br)c1NC(C#N)=C(C#N)C#N. The third kappa shape index (κ3) is 3.37. The lowest BCUT2D eigenvalue weighted by Gasteiger charge is -2.13. The Kier molecular flexibility index (Phi) is 5.62. The van der Waals surface area contributed by atoms with Gasteiger partial charge in [0, 0.05) is 4.47 Å². The second-order valence-corrected chi connectivity index (χ2v) is 5.16. The zero-order valence-electron chi connectivity index (χ0n) is 9.66. The smallest absolute Gasteiger partial charge is 0.163 e. The number of ether oxygens (including phenoxy) is 1. The molecule has 1 aromatic rings. The van der Waals surface area contributed by atoms with Gasteiger partial charge in [0.1, 0.15) is 23.9 Å². The number of benzene rings is 1. The molecule has 0 amide bonds. The fourth-order valence-electron chi connectivity index (χ4n) is 1.26. The van der Waals surface area contributed by atoms with Crippen LogP contribution in [0.5, 0.6) is 5.75 Å². The van der Waals surface area contributed by atoms with Gasteiger partial charge in [0.25, 0.3) is 0 Å². The van der Waals surface area contributed by atoms with Gasteiger partial charge in [-0.1, -0.05) is 0 Å². The van der Waals surface area contributed by atoms with E-state index in [0.29, 0.717) is 15.9 Å². The third-order valence-electron chi connectivity index (χ3n) is 2.10. The summed E-state index contributed by atoms with van der Waals surface area (Å²) in [6, 6.07) is 8.75. The molecule has 0 spiro atoms. The maximum Gasteiger partial charge on any atom is 0.163 e. The van der Waals surface area contributed by atoms with Gasteiger partial charge in [0.15, 0.2) is 11.3 Å². The topological polar surface area (TPSA) is 92.6 Å². The van der Waals surface area contributed by atoms with Gasteiger partial charge in [-0.25, -0.2) is 0 Å². The summed E-state index contributed by atoms with van der Waals surface area (Å²) in [7, 11) is 1.50. The Balaban J connectivity index is 3.40. The summed E-state index contributed by atoms with van der Waals surface area (Å²) >= 11 is 5.41. The van der Waals surface area contributed by atoms with Gasteiger partial charge in [-0.05, 0) is 50.7 Å². The molecule has 0 aromatic heterocycles. The number of nitrogens with one attached hydrogen (secondary N) is 1. The summed E-state index contributed by atoms with van der Waals surface area (Å²) in [6.45, 7) is 0. The van der Waals surface area contributed by atoms with Crippen LogP contribution in [0.3, 0.4) is 0 Å². The van der Waals surface area contributed by atoms with Gasteiger partial charge in [-0.2, -0.15) is 15.8 Å². The molecule has 5 nitrogen and oxygen atoms in total. The van der Waals surface area contributed by atoms with E-state index in [9.17, 15) is 0 Å². The first-order valence-corrected chi connectivity index (χ1v) is 6.69. The van der Waals surface area contributed by atoms with E-state index >= 15 is 0 Å². The van der Waals surface area contributed by atoms with Crippen molar-refractivity contribution in [3.05, 3.63) is 31.4 Å². The number of rotatable bonds is 3. The third-order valence-corrected chi connectivity index (χ3v) is 3.61. The molecular weight excluding hydrogens is 423 g/mol. The van der Waals surface area contributed by atoms with Gasteiger partial charge in [0.05, 0.1) is 16.4 Å². The maximum absolute atomic E-state index is 9.01. The molecule has 0 unspecified atom stereocenters. The molecule has 0 saturated heterocycles. The lowest BCUT2D eigenvalue weighted by Crippen LogP contribution is -2.04. The van der Waals surface area contributed by atoms with Crippen molar-refractivity contribution in [2.45, 2.75) is 0 Å². The van der Waals surface area contributed by atoms with Gasteiger partial charge >= 0.3 is 0 Å². The summed E-state index contributed by atoms with van der Waals surface area (Å²) in [5, 5.41) is 29.3. The Morgan fingerprint density at radius 1 is 1.26 bits per heavy atom. The minimum absolute atomic E-state index is 0.119. The van der Waals surface area contributed by atoms with E-state index in [-0.39, 0.29) is 11.3 Å². The van der Waals surface area contributed by atoms with Crippen molar-refractivity contribution in [3.63, 3.8) is 0 Å². The van der Waals surface area contributed by atoms with E-state index in [0.717, 1.165) is 3.57 Å². The number of anilines is 1. The second kappa shape index (κ2) is 6.98. The molecule has 0 heterocycles. The molecule has 94 valence electrons. The number of hydrogen-bond acceptors (Lipinski definition) is 5. The lowest BCUT2D eigenvalue weighted by molar-refractivity contribution is 0.413. The molecule has 0 atom stereocenters. The van der Waals surface area contributed by atoms with Gasteiger partial charge in [-0.3, -0.25) is 0 Å². The summed E-state index contributed by atoms with van der Waals surface area (Å²) in [5.41, 5.74) is 0.0928. The van der Waals surface area contributed by atoms with Crippen molar-refractivity contribution in [3.8, 4) is 24.0 Å². The Morgan fingerprint density at radius 2 is 1.89 bits per heavy atom. The number of nitrogens with zero attached hydrogens (tertiary/aromatic N) is 3. The van der Waals surface area contributed by atoms with Crippen LogP contribution in [-0.4, -0.2) is 7.11 Å². The largest absolute Gasteiger partial charge is 0.493 e. The highest BCUT2D eigenvalue weighted by molar-refractivity contribution is 14.1. The van der Waals surface area contributed by atoms with Crippen molar-refractivity contribution in [2.75, 3.05) is 12.4 Å². The first-order chi connectivity index (χ1) is 9.08. The van der Waals surface area contributed by atoms with Crippen LogP contribution < -0.4 is 10.1 Å². The molecule has 0 bridgehead atoms. The minimum Gasteiger partial charge on any atom is -0.493 e. The number of halogens is 2. The Morgan fingerprint density at radius 3 is 2.37 bits per heavy atom. The van der Waals surface area contributed by atoms with E-state index in [1.54, 1.807) is 24.3 Å². The first-order valence-electron chi connectivity index (χ1n) is 4.82. The molecule has 0 fully saturated rings. The second-order valence-electron chi connectivity index (χ2n) is 3.15. The summed E-state index contributed by atoms with van der Waals surface area (Å²) in [5.74, 6) is 0.526. The standard InChI is InChI=1S/C12H6BrIN4O/c1-19-12-9(14)3-2-8(13)11(12)18-10(6-17)7(4-15)5-16/h2-3,18H,1H3. The van der Waals surface area contributed by atoms with Crippen molar-refractivity contribution in [1.29, 1.82) is 15.8 Å². The quantitative estimate of drug-likeness (QED) is 0.588. The van der Waals surface area contributed by atoms with E-state index in [1.165, 1.54) is 7.11 Å². The van der Waals surface area contributed by atoms with Gasteiger partial charge in [0.2, 0.25) is 0 Å². The van der Waals surface area contributed by atoms with Gasteiger partial charge in [-0.15, -0.1) is 0 Å². The van der Waals surface area contributed by atoms with Crippen molar-refractivity contribution < 1.29 is 4.74 Å². The molecule has 0 saturated carbocycles. The number of methoxy groups -OCH3 is 1. The fourth-order valence-corrected chi connectivity index (χ4v) is 2.34. The molecule has 0 aliphatic heterocycles. The highest BCUT2D eigenvalue weighted by atomic mass is 127. The zero-order chi connectivity index (χ0) is 14.4. The average Bonchev–Trinajstić information content (AvgIpc) is 2.42. The fraction of sp³-hybridized carbons (Fsp3) is 0.0833. The van der Waals surface area contributed by atoms with Crippen LogP contribution >= 0.6 is 38.5 Å². The molecule has 1 aromatic carbocycles. The van der Waals surface area contributed by atoms with Crippen LogP contribution in [0.2, 0.25) is 0 Å². The average molecular weight is 429 g/mol. The van der Waals surface area contributed by atoms with Crippen LogP contribution in [0.4, 0.5) is 5.69 Å². The highest BCUT2D eigenvalue weighted by Gasteiger charge is 2.15. The van der Waals surface area contributed by atoms with Crippen molar-refractivity contribution in [2.24, 2.45) is 0 Å². The van der Waals surface area contributed by atoms with Crippen LogP contribution in [0, 0.1) is 37.6 Å². The molecule has 1 N–H and O–H groups in total. The monoisotopic (exact) mass is 428 g/mol. The minimum atomic E-state index is -0.282. The van der Waals surface area contributed by atoms with Crippen LogP contribution in [0.25, 0.3) is 0 Å². The summed E-state index contributed by atoms with van der Waals surface area (Å²) in [6.07, 6.45) is 0. The maximum atomic E-state index is 9.01. The molecule has 0 aliphatic rings. The summed E-state index contributed by atoms with van der Waals surface area (Å²) in [4.78, 5) is 0. The van der Waals surface area contributed by atoms with Crippen molar-refractivity contribution >= 4 is 44.2 Å². The Bertz CT molecular complexity index is 648. The zero-order valence-corrected chi connectivity index (χ0v) is 13.4. The molecule has 0 aliphatic carbocycles. The van der Waals surface area contributed by atoms with E-state index in [4.69, 9.17) is 20.5 Å². The molecule has 1 rings (SSSR count). The number of nitriles is 3. The van der Waals surface area contributed by atoms with Crippen LogP contribution in [-0.2, 0) is 0 Å². The Labute approximate surface area is 132 Å². The molecular formula is C12H6BrIN4O. The number of allylic oxidation sites excluding steroid dienone is 2. The van der Waals surface area contributed by atoms with Gasteiger partial charge < -0.3 is 10.1 Å². The van der Waals surface area contributed by atoms with Crippen LogP contribution in [0.1, 0.15) is 0 Å². The van der Waals surface area contributed by atoms with Crippen LogP contribution in [0.15, 0.2) is 27.9 Å². The lowest BCUT2D eigenvalue weighted by atomic mass is 10.2. The van der Waals surface area contributed by atoms with E-state index in [1.807, 2.05) is 6.07 Å². The highest BCUT2D eigenvalue weighted by Crippen LogP contribution is 2.37. The molecule has 0 radical (unpaired) electrons. The normalized spacial score (nSPS) is 8.63. The van der Waals surface area contributed by atoms with E-state index < -0.39 is 0 Å². The Hall–Kier alpha value is -1.76.